The molecule has 0 amide bonds. The predicted molar refractivity (Wildman–Crippen MR) is 45.6 cm³/mol. The zero-order valence-electron chi connectivity index (χ0n) is 4.86. The highest BCUT2D eigenvalue weighted by molar-refractivity contribution is 5.85. The number of halogens is 1. The minimum absolute atomic E-state index is 0. The van der Waals surface area contributed by atoms with Gasteiger partial charge in [0, 0.05) is 7.11 Å². The molecule has 0 aromatic carbocycles. The van der Waals surface area contributed by atoms with Crippen LogP contribution in [0.4, 0.5) is 0 Å². The van der Waals surface area contributed by atoms with E-state index in [9.17, 15) is 0 Å². The second-order valence-electron chi connectivity index (χ2n) is 0. The van der Waals surface area contributed by atoms with Crippen LogP contribution in [0.5, 0.6) is 0 Å². The van der Waals surface area contributed by atoms with Crippen molar-refractivity contribution >= 4 is 35.5 Å². The molecule has 10 heavy (non-hydrogen) atoms. The van der Waals surface area contributed by atoms with Crippen molar-refractivity contribution < 1.29 is 38.0 Å². The normalized spacial score (nSPS) is 0.600. The summed E-state index contributed by atoms with van der Waals surface area (Å²) in [7, 11) is 1.00. The van der Waals surface area contributed by atoms with E-state index < -0.39 is 0 Å². The average Bonchev–Trinajstić information content (AvgIpc) is 1.00. The van der Waals surface area contributed by atoms with Gasteiger partial charge in [-0.1, -0.05) is 0 Å². The fourth-order valence-corrected chi connectivity index (χ4v) is 0. The topological polar surface area (TPSA) is 209 Å². The van der Waals surface area contributed by atoms with Crippen LogP contribution < -0.4 is 0 Å². The highest BCUT2D eigenvalue weighted by Crippen LogP contribution is 0.755. The lowest BCUT2D eigenvalue weighted by atomic mass is 11.8. The van der Waals surface area contributed by atoms with Crippen molar-refractivity contribution in [1.82, 2.24) is 0 Å². The molecule has 0 saturated heterocycles. The summed E-state index contributed by atoms with van der Waals surface area (Å²) in [5.41, 5.74) is 0. The summed E-state index contributed by atoms with van der Waals surface area (Å²) >= 11 is 0. The summed E-state index contributed by atoms with van der Waals surface area (Å²) in [6, 6.07) is 0. The Labute approximate surface area is 80.8 Å². The predicted octanol–water partition coefficient (Wildman–Crippen LogP) is -5.83. The maximum Gasteiger partial charge on any atom is 0.316 e. The van der Waals surface area contributed by atoms with Gasteiger partial charge in [0.25, 0.3) is 0 Å². The quantitative estimate of drug-likeness (QED) is 0.374. The van der Waals surface area contributed by atoms with Gasteiger partial charge in [-0.3, -0.25) is 0 Å². The molecule has 9 heteroatoms. The number of hydrogen-bond acceptors (Lipinski definition) is 1. The van der Waals surface area contributed by atoms with Gasteiger partial charge in [0.15, 0.2) is 0 Å². The van der Waals surface area contributed by atoms with Gasteiger partial charge < -0.3 is 38.0 Å². The average molecular weight is 203 g/mol. The molecule has 74 valence electrons. The van der Waals surface area contributed by atoms with Gasteiger partial charge in [0.05, 0.1) is 0 Å². The van der Waals surface area contributed by atoms with Crippen molar-refractivity contribution in [2.45, 2.75) is 0 Å². The number of rotatable bonds is 0. The van der Waals surface area contributed by atoms with Gasteiger partial charge in [-0.05, 0) is 0 Å². The minimum atomic E-state index is 0. The molecule has 0 unspecified atom stereocenters. The molecule has 0 spiro atoms. The van der Waals surface area contributed by atoms with E-state index in [0.717, 1.165) is 7.11 Å². The monoisotopic (exact) mass is 202 g/mol. The van der Waals surface area contributed by atoms with Gasteiger partial charge in [-0.25, -0.2) is 0 Å². The van der Waals surface area contributed by atoms with Gasteiger partial charge in [-0.15, -0.1) is 12.4 Å². The Hall–Kier alpha value is 0.776. The largest absolute Gasteiger partial charge is 0.412 e. The number of hydrogen-bond donors (Lipinski definition) is 1. The fourth-order valence-electron chi connectivity index (χ4n) is 0. The van der Waals surface area contributed by atoms with E-state index in [-0.39, 0.29) is 68.3 Å². The van der Waals surface area contributed by atoms with E-state index in [1.54, 1.807) is 0 Å². The van der Waals surface area contributed by atoms with Crippen LogP contribution in [0.2, 0.25) is 0 Å². The van der Waals surface area contributed by atoms with E-state index in [2.05, 4.69) is 0 Å². The first-order valence-corrected chi connectivity index (χ1v) is 0.447. The van der Waals surface area contributed by atoms with Gasteiger partial charge in [-0.2, -0.15) is 0 Å². The second-order valence-corrected chi connectivity index (χ2v) is 0. The molecule has 0 fully saturated rings. The third-order valence-electron chi connectivity index (χ3n) is 0. The first-order valence-electron chi connectivity index (χ1n) is 0.447. The molecule has 0 heterocycles. The molecule has 0 aliphatic heterocycles. The van der Waals surface area contributed by atoms with Crippen LogP contribution in [0.3, 0.4) is 0 Å². The highest BCUT2D eigenvalue weighted by atomic mass is 35.5. The molecule has 13 N–H and O–H groups in total. The Morgan fingerprint density at radius 1 is 0.600 bits per heavy atom. The summed E-state index contributed by atoms with van der Waals surface area (Å²) in [5.74, 6) is 0. The first-order chi connectivity index (χ1) is 1.00. The zero-order valence-corrected chi connectivity index (χ0v) is 5.67. The smallest absolute Gasteiger partial charge is 0.316 e. The Bertz CT molecular complexity index is 13.6. The fraction of sp³-hybridized carbons (Fsp3) is 1.00. The van der Waals surface area contributed by atoms with Crippen LogP contribution >= 0.6 is 12.4 Å². The van der Waals surface area contributed by atoms with Crippen molar-refractivity contribution in [2.24, 2.45) is 0 Å². The maximum atomic E-state index is 7.00. The Kier molecular flexibility index (Phi) is 40800. The zero-order chi connectivity index (χ0) is 2.00. The lowest BCUT2D eigenvalue weighted by Gasteiger charge is -1.21. The van der Waals surface area contributed by atoms with Gasteiger partial charge in [0.1, 0.15) is 0 Å². The van der Waals surface area contributed by atoms with Crippen LogP contribution in [-0.4, -0.2) is 68.1 Å². The van der Waals surface area contributed by atoms with Crippen molar-refractivity contribution in [1.29, 1.82) is 0 Å². The van der Waals surface area contributed by atoms with Crippen LogP contribution in [0, 0.1) is 0 Å². The van der Waals surface area contributed by atoms with Crippen LogP contribution in [0.25, 0.3) is 0 Å². The molecule has 0 aromatic rings. The van der Waals surface area contributed by atoms with E-state index >= 15 is 0 Å². The van der Waals surface area contributed by atoms with Crippen LogP contribution in [-0.2, 0) is 0 Å². The Balaban J connectivity index is -0.000000000179. The van der Waals surface area contributed by atoms with Gasteiger partial charge >= 0.3 is 23.1 Å². The minimum Gasteiger partial charge on any atom is -0.412 e. The van der Waals surface area contributed by atoms with E-state index in [4.69, 9.17) is 5.11 Å². The SMILES string of the molecule is CO.Cl.O.O.O.O.O.O.[MgH2]. The Morgan fingerprint density at radius 3 is 0.600 bits per heavy atom. The first kappa shape index (κ1) is 326. The van der Waals surface area contributed by atoms with E-state index in [1.807, 2.05) is 0 Å². The molecule has 0 aromatic heterocycles. The number of aliphatic hydroxyl groups is 1. The summed E-state index contributed by atoms with van der Waals surface area (Å²) < 4.78 is 0. The lowest BCUT2D eigenvalue weighted by molar-refractivity contribution is 0.399. The summed E-state index contributed by atoms with van der Waals surface area (Å²) in [6.45, 7) is 0. The molecule has 0 atom stereocenters. The third kappa shape index (κ3) is 881. The number of aliphatic hydroxyl groups excluding tert-OH is 1. The van der Waals surface area contributed by atoms with Crippen molar-refractivity contribution in [3.05, 3.63) is 0 Å². The van der Waals surface area contributed by atoms with Crippen molar-refractivity contribution in [2.75, 3.05) is 7.11 Å². The Morgan fingerprint density at radius 2 is 0.600 bits per heavy atom. The molecule has 0 radical (unpaired) electrons. The van der Waals surface area contributed by atoms with Gasteiger partial charge in [0.2, 0.25) is 0 Å². The van der Waals surface area contributed by atoms with Crippen LogP contribution in [0.1, 0.15) is 0 Å². The standard InChI is InChI=1S/CH4O.ClH.Mg.6H2O.2H/c1-2;;;;;;;;;;/h2H,1H3;1H;;6*1H2;;. The highest BCUT2D eigenvalue weighted by Gasteiger charge is 0.839. The summed E-state index contributed by atoms with van der Waals surface area (Å²) in [4.78, 5) is 0. The molecular weight excluding hydrogens is 184 g/mol. The van der Waals surface area contributed by atoms with Crippen LogP contribution in [0.15, 0.2) is 0 Å². The second kappa shape index (κ2) is 1250. The molecule has 0 bridgehead atoms. The summed E-state index contributed by atoms with van der Waals surface area (Å²) in [6.07, 6.45) is 0. The molecule has 0 rings (SSSR count). The molecular formula is CH19ClMgO7. The molecule has 7 nitrogen and oxygen atoms in total. The summed E-state index contributed by atoms with van der Waals surface area (Å²) in [5, 5.41) is 7.00. The van der Waals surface area contributed by atoms with Crippen molar-refractivity contribution in [3.8, 4) is 0 Å². The van der Waals surface area contributed by atoms with E-state index in [1.165, 1.54) is 0 Å². The molecule has 0 saturated carbocycles. The van der Waals surface area contributed by atoms with E-state index in [0.29, 0.717) is 0 Å². The van der Waals surface area contributed by atoms with Crippen molar-refractivity contribution in [3.63, 3.8) is 0 Å². The molecule has 0 aliphatic carbocycles. The molecule has 0 aliphatic rings. The lowest BCUT2D eigenvalue weighted by Crippen LogP contribution is -1.25. The maximum absolute atomic E-state index is 7.00. The third-order valence-corrected chi connectivity index (χ3v) is 0.